The van der Waals surface area contributed by atoms with Crippen LogP contribution in [0.4, 0.5) is 5.69 Å². The van der Waals surface area contributed by atoms with E-state index >= 15 is 0 Å². The minimum Gasteiger partial charge on any atom is -0.391 e. The van der Waals surface area contributed by atoms with Gasteiger partial charge in [-0.25, -0.2) is 9.67 Å². The highest BCUT2D eigenvalue weighted by Crippen LogP contribution is 2.26. The molecule has 4 heterocycles. The molecule has 5 rings (SSSR count). The molecule has 1 atom stereocenters. The van der Waals surface area contributed by atoms with Gasteiger partial charge in [0.05, 0.1) is 35.6 Å². The molecule has 1 fully saturated rings. The molecule has 1 N–H and O–H groups in total. The predicted molar refractivity (Wildman–Crippen MR) is 112 cm³/mol. The molecule has 1 aliphatic rings. The van der Waals surface area contributed by atoms with Crippen molar-refractivity contribution in [1.82, 2.24) is 19.2 Å². The van der Waals surface area contributed by atoms with Crippen molar-refractivity contribution in [2.24, 2.45) is 0 Å². The summed E-state index contributed by atoms with van der Waals surface area (Å²) in [5, 5.41) is 15.9. The zero-order valence-corrected chi connectivity index (χ0v) is 16.1. The fraction of sp³-hybridized carbons (Fsp3) is 0.318. The molecule has 7 nitrogen and oxygen atoms in total. The van der Waals surface area contributed by atoms with Crippen molar-refractivity contribution in [3.05, 3.63) is 71.0 Å². The Morgan fingerprint density at radius 1 is 1.17 bits per heavy atom. The zero-order chi connectivity index (χ0) is 19.8. The number of aromatic nitrogens is 4. The van der Waals surface area contributed by atoms with Gasteiger partial charge in [-0.1, -0.05) is 18.2 Å². The average Bonchev–Trinajstić information content (AvgIpc) is 3.16. The first kappa shape index (κ1) is 17.9. The summed E-state index contributed by atoms with van der Waals surface area (Å²) in [6.45, 7) is 1.87. The summed E-state index contributed by atoms with van der Waals surface area (Å²) >= 11 is 0. The summed E-state index contributed by atoms with van der Waals surface area (Å²) < 4.78 is 3.50. The van der Waals surface area contributed by atoms with E-state index in [2.05, 4.69) is 15.0 Å². The standard InChI is InChI=1S/C22H23N5O2/c28-18-6-4-11-25(15-18)19-7-3-5-16-13-23-27(22(29)21(16)19)12-9-17-14-26-10-2-1-8-20(26)24-17/h1-3,5,7-8,10,13-14,18,28H,4,6,9,11-12,15H2/t18-/m1/s1. The molecule has 0 bridgehead atoms. The lowest BCUT2D eigenvalue weighted by Gasteiger charge is -2.32. The third kappa shape index (κ3) is 3.38. The first-order valence-electron chi connectivity index (χ1n) is 10.0. The second kappa shape index (κ2) is 7.33. The maximum Gasteiger partial charge on any atom is 0.276 e. The van der Waals surface area contributed by atoms with Gasteiger partial charge in [-0.05, 0) is 31.0 Å². The number of fused-ring (bicyclic) bond motifs is 2. The number of anilines is 1. The van der Waals surface area contributed by atoms with E-state index in [1.165, 1.54) is 4.68 Å². The maximum atomic E-state index is 13.3. The number of piperidine rings is 1. The number of benzene rings is 1. The Hall–Kier alpha value is -3.19. The second-order valence-corrected chi connectivity index (χ2v) is 7.60. The van der Waals surface area contributed by atoms with Gasteiger partial charge in [-0.15, -0.1) is 0 Å². The number of nitrogens with zero attached hydrogens (tertiary/aromatic N) is 5. The monoisotopic (exact) mass is 389 g/mol. The van der Waals surface area contributed by atoms with Crippen molar-refractivity contribution in [1.29, 1.82) is 0 Å². The zero-order valence-electron chi connectivity index (χ0n) is 16.1. The fourth-order valence-corrected chi connectivity index (χ4v) is 4.14. The third-order valence-electron chi connectivity index (χ3n) is 5.59. The minimum absolute atomic E-state index is 0.0954. The summed E-state index contributed by atoms with van der Waals surface area (Å²) in [4.78, 5) is 20.0. The lowest BCUT2D eigenvalue weighted by Crippen LogP contribution is -2.39. The van der Waals surface area contributed by atoms with Gasteiger partial charge in [0.2, 0.25) is 0 Å². The molecule has 0 unspecified atom stereocenters. The van der Waals surface area contributed by atoms with Gasteiger partial charge in [-0.2, -0.15) is 5.10 Å². The van der Waals surface area contributed by atoms with Gasteiger partial charge in [0.1, 0.15) is 5.65 Å². The van der Waals surface area contributed by atoms with E-state index in [4.69, 9.17) is 0 Å². The fourth-order valence-electron chi connectivity index (χ4n) is 4.14. The molecule has 0 spiro atoms. The van der Waals surface area contributed by atoms with Crippen molar-refractivity contribution in [3.63, 3.8) is 0 Å². The highest BCUT2D eigenvalue weighted by Gasteiger charge is 2.21. The number of aryl methyl sites for hydroxylation is 2. The molecule has 148 valence electrons. The summed E-state index contributed by atoms with van der Waals surface area (Å²) in [5.41, 5.74) is 2.61. The summed E-state index contributed by atoms with van der Waals surface area (Å²) in [5.74, 6) is 0. The number of hydrogen-bond donors (Lipinski definition) is 1. The van der Waals surface area contributed by atoms with Crippen molar-refractivity contribution in [2.45, 2.75) is 31.9 Å². The van der Waals surface area contributed by atoms with E-state index in [0.717, 1.165) is 41.8 Å². The van der Waals surface area contributed by atoms with Gasteiger partial charge in [0.25, 0.3) is 5.56 Å². The van der Waals surface area contributed by atoms with Crippen LogP contribution in [0.1, 0.15) is 18.5 Å². The van der Waals surface area contributed by atoms with Crippen LogP contribution in [0.5, 0.6) is 0 Å². The van der Waals surface area contributed by atoms with Crippen LogP contribution < -0.4 is 10.5 Å². The number of hydrogen-bond acceptors (Lipinski definition) is 5. The van der Waals surface area contributed by atoms with Crippen LogP contribution >= 0.6 is 0 Å². The van der Waals surface area contributed by atoms with Gasteiger partial charge < -0.3 is 14.4 Å². The second-order valence-electron chi connectivity index (χ2n) is 7.60. The van der Waals surface area contributed by atoms with E-state index in [1.807, 2.05) is 53.2 Å². The first-order chi connectivity index (χ1) is 14.2. The minimum atomic E-state index is -0.349. The molecule has 0 amide bonds. The summed E-state index contributed by atoms with van der Waals surface area (Å²) in [6.07, 6.45) is 7.72. The van der Waals surface area contributed by atoms with Crippen LogP contribution in [0, 0.1) is 0 Å². The van der Waals surface area contributed by atoms with E-state index in [1.54, 1.807) is 6.20 Å². The number of imidazole rings is 1. The SMILES string of the molecule is O=c1c2c(N3CCC[C@@H](O)C3)cccc2cnn1CCc1cn2ccccc2n1. The van der Waals surface area contributed by atoms with E-state index in [-0.39, 0.29) is 11.7 Å². The Morgan fingerprint density at radius 3 is 2.97 bits per heavy atom. The van der Waals surface area contributed by atoms with Crippen molar-refractivity contribution >= 4 is 22.1 Å². The highest BCUT2D eigenvalue weighted by molar-refractivity contribution is 5.93. The van der Waals surface area contributed by atoms with Crippen LogP contribution in [-0.2, 0) is 13.0 Å². The van der Waals surface area contributed by atoms with Crippen molar-refractivity contribution in [3.8, 4) is 0 Å². The average molecular weight is 389 g/mol. The third-order valence-corrected chi connectivity index (χ3v) is 5.59. The van der Waals surface area contributed by atoms with Gasteiger partial charge >= 0.3 is 0 Å². The molecule has 1 aromatic carbocycles. The number of pyridine rings is 1. The Bertz CT molecular complexity index is 1200. The van der Waals surface area contributed by atoms with Crippen LogP contribution in [0.2, 0.25) is 0 Å². The summed E-state index contributed by atoms with van der Waals surface area (Å²) in [7, 11) is 0. The molecule has 0 saturated carbocycles. The van der Waals surface area contributed by atoms with Crippen molar-refractivity contribution < 1.29 is 5.11 Å². The molecule has 4 aromatic rings. The normalized spacial score (nSPS) is 17.3. The quantitative estimate of drug-likeness (QED) is 0.579. The lowest BCUT2D eigenvalue weighted by atomic mass is 10.1. The molecular formula is C22H23N5O2. The Kier molecular flexibility index (Phi) is 4.52. The number of aliphatic hydroxyl groups is 1. The van der Waals surface area contributed by atoms with Crippen LogP contribution in [0.3, 0.4) is 0 Å². The molecule has 3 aromatic heterocycles. The smallest absolute Gasteiger partial charge is 0.276 e. The Balaban J connectivity index is 1.47. The van der Waals surface area contributed by atoms with E-state index in [9.17, 15) is 9.90 Å². The van der Waals surface area contributed by atoms with Crippen LogP contribution in [0.15, 0.2) is 59.8 Å². The molecule has 29 heavy (non-hydrogen) atoms. The number of aliphatic hydroxyl groups excluding tert-OH is 1. The maximum absolute atomic E-state index is 13.3. The molecule has 1 aliphatic heterocycles. The topological polar surface area (TPSA) is 75.7 Å². The van der Waals surface area contributed by atoms with Gasteiger partial charge in [0.15, 0.2) is 0 Å². The Labute approximate surface area is 167 Å². The number of rotatable bonds is 4. The lowest BCUT2D eigenvalue weighted by molar-refractivity contribution is 0.154. The van der Waals surface area contributed by atoms with Crippen molar-refractivity contribution in [2.75, 3.05) is 18.0 Å². The summed E-state index contributed by atoms with van der Waals surface area (Å²) in [6, 6.07) is 11.7. The van der Waals surface area contributed by atoms with Gasteiger partial charge in [0, 0.05) is 37.3 Å². The first-order valence-corrected chi connectivity index (χ1v) is 10.0. The van der Waals surface area contributed by atoms with Gasteiger partial charge in [-0.3, -0.25) is 4.79 Å². The predicted octanol–water partition coefficient (Wildman–Crippen LogP) is 2.25. The van der Waals surface area contributed by atoms with E-state index < -0.39 is 0 Å². The van der Waals surface area contributed by atoms with E-state index in [0.29, 0.717) is 24.9 Å². The molecule has 1 saturated heterocycles. The molecule has 0 radical (unpaired) electrons. The molecule has 7 heteroatoms. The number of β-amino-alcohol motifs (C(OH)–C–C–N with tert-alkyl or cyclic N) is 1. The highest BCUT2D eigenvalue weighted by atomic mass is 16.3. The Morgan fingerprint density at radius 2 is 2.10 bits per heavy atom. The van der Waals surface area contributed by atoms with Crippen LogP contribution in [0.25, 0.3) is 16.4 Å². The molecule has 0 aliphatic carbocycles. The largest absolute Gasteiger partial charge is 0.391 e. The van der Waals surface area contributed by atoms with Crippen LogP contribution in [-0.4, -0.2) is 43.5 Å². The molecular weight excluding hydrogens is 366 g/mol.